The molecule has 0 bridgehead atoms. The zero-order valence-electron chi connectivity index (χ0n) is 12.2. The Labute approximate surface area is 109 Å². The summed E-state index contributed by atoms with van der Waals surface area (Å²) >= 11 is 0. The molecule has 0 spiro atoms. The zero-order valence-corrected chi connectivity index (χ0v) is 12.2. The van der Waals surface area contributed by atoms with Gasteiger partial charge in [-0.25, -0.2) is 9.50 Å². The lowest BCUT2D eigenvalue weighted by atomic mass is 10.0. The number of pyridine rings is 1. The molecule has 2 heterocycles. The average molecular weight is 245 g/mol. The third kappa shape index (κ3) is 2.26. The molecule has 0 aliphatic rings. The lowest BCUT2D eigenvalue weighted by molar-refractivity contribution is 0.715. The third-order valence-electron chi connectivity index (χ3n) is 3.28. The number of hydrogen-bond donors (Lipinski definition) is 0. The second-order valence-corrected chi connectivity index (χ2v) is 5.92. The van der Waals surface area contributed by atoms with E-state index in [0.29, 0.717) is 17.8 Å². The van der Waals surface area contributed by atoms with E-state index in [1.807, 2.05) is 4.52 Å². The molecule has 0 atom stereocenters. The van der Waals surface area contributed by atoms with E-state index in [1.54, 1.807) is 0 Å². The minimum absolute atomic E-state index is 0.368. The predicted molar refractivity (Wildman–Crippen MR) is 75.3 cm³/mol. The van der Waals surface area contributed by atoms with E-state index in [-0.39, 0.29) is 0 Å². The van der Waals surface area contributed by atoms with Gasteiger partial charge in [0.15, 0.2) is 11.5 Å². The molecule has 2 aromatic heterocycles. The number of hydrogen-bond acceptors (Lipinski definition) is 2. The van der Waals surface area contributed by atoms with Crippen LogP contribution in [0.25, 0.3) is 5.65 Å². The molecule has 0 N–H and O–H groups in total. The van der Waals surface area contributed by atoms with E-state index in [9.17, 15) is 0 Å². The Kier molecular flexibility index (Phi) is 3.42. The first-order valence-electron chi connectivity index (χ1n) is 6.80. The summed E-state index contributed by atoms with van der Waals surface area (Å²) < 4.78 is 2.01. The number of nitrogens with zero attached hydrogens (tertiary/aromatic N) is 3. The Morgan fingerprint density at radius 1 is 0.889 bits per heavy atom. The van der Waals surface area contributed by atoms with E-state index in [0.717, 1.165) is 11.5 Å². The summed E-state index contributed by atoms with van der Waals surface area (Å²) in [5.41, 5.74) is 3.57. The molecule has 0 fully saturated rings. The molecular formula is C15H23N3. The van der Waals surface area contributed by atoms with Gasteiger partial charge in [-0.15, -0.1) is 0 Å². The van der Waals surface area contributed by atoms with Gasteiger partial charge in [-0.05, 0) is 29.5 Å². The van der Waals surface area contributed by atoms with Crippen LogP contribution in [0.3, 0.4) is 0 Å². The summed E-state index contributed by atoms with van der Waals surface area (Å²) in [4.78, 5) is 4.65. The quantitative estimate of drug-likeness (QED) is 0.815. The van der Waals surface area contributed by atoms with Crippen LogP contribution in [0.5, 0.6) is 0 Å². The summed E-state index contributed by atoms with van der Waals surface area (Å²) in [5, 5.41) is 4.64. The summed E-state index contributed by atoms with van der Waals surface area (Å²) in [7, 11) is 0. The van der Waals surface area contributed by atoms with Crippen molar-refractivity contribution in [3.05, 3.63) is 29.2 Å². The van der Waals surface area contributed by atoms with Crippen molar-refractivity contribution in [1.29, 1.82) is 0 Å². The molecule has 2 rings (SSSR count). The maximum absolute atomic E-state index is 4.65. The molecule has 0 aliphatic heterocycles. The lowest BCUT2D eigenvalue weighted by Crippen LogP contribution is -2.04. The van der Waals surface area contributed by atoms with E-state index >= 15 is 0 Å². The van der Waals surface area contributed by atoms with Crippen LogP contribution in [-0.2, 0) is 0 Å². The van der Waals surface area contributed by atoms with Crippen LogP contribution in [0.1, 0.15) is 76.4 Å². The van der Waals surface area contributed by atoms with Crippen molar-refractivity contribution < 1.29 is 0 Å². The third-order valence-corrected chi connectivity index (χ3v) is 3.28. The van der Waals surface area contributed by atoms with Crippen molar-refractivity contribution in [1.82, 2.24) is 14.6 Å². The van der Waals surface area contributed by atoms with Crippen LogP contribution in [0, 0.1) is 0 Å². The van der Waals surface area contributed by atoms with E-state index in [4.69, 9.17) is 0 Å². The van der Waals surface area contributed by atoms with Crippen molar-refractivity contribution in [2.45, 2.75) is 59.3 Å². The van der Waals surface area contributed by atoms with Crippen molar-refractivity contribution in [2.75, 3.05) is 0 Å². The van der Waals surface area contributed by atoms with Crippen LogP contribution < -0.4 is 0 Å². The van der Waals surface area contributed by atoms with Crippen LogP contribution in [0.2, 0.25) is 0 Å². The first kappa shape index (κ1) is 13.1. The van der Waals surface area contributed by atoms with Crippen LogP contribution >= 0.6 is 0 Å². The van der Waals surface area contributed by atoms with Crippen molar-refractivity contribution >= 4 is 5.65 Å². The highest BCUT2D eigenvalue weighted by Crippen LogP contribution is 2.24. The largest absolute Gasteiger partial charge is 0.217 e. The molecule has 0 radical (unpaired) electrons. The maximum Gasteiger partial charge on any atom is 0.156 e. The Balaban J connectivity index is 2.69. The van der Waals surface area contributed by atoms with Gasteiger partial charge in [0.05, 0.1) is 0 Å². The fraction of sp³-hybridized carbons (Fsp3) is 0.600. The molecule has 0 amide bonds. The summed E-state index contributed by atoms with van der Waals surface area (Å²) in [6.45, 7) is 13.1. The van der Waals surface area contributed by atoms with Gasteiger partial charge in [0.2, 0.25) is 0 Å². The highest BCUT2D eigenvalue weighted by molar-refractivity contribution is 5.45. The van der Waals surface area contributed by atoms with Gasteiger partial charge in [0.1, 0.15) is 0 Å². The minimum Gasteiger partial charge on any atom is -0.217 e. The standard InChI is InChI=1S/C15H23N3/c1-9(2)12-7-13(10(3)4)18-14(8-12)16-15(17-18)11(5)6/h7-11H,1-6H3. The smallest absolute Gasteiger partial charge is 0.156 e. The summed E-state index contributed by atoms with van der Waals surface area (Å²) in [6.07, 6.45) is 0. The lowest BCUT2D eigenvalue weighted by Gasteiger charge is -2.12. The Hall–Kier alpha value is -1.38. The molecule has 0 aromatic carbocycles. The average Bonchev–Trinajstić information content (AvgIpc) is 2.70. The summed E-state index contributed by atoms with van der Waals surface area (Å²) in [6, 6.07) is 4.43. The summed E-state index contributed by atoms with van der Waals surface area (Å²) in [5.74, 6) is 2.27. The highest BCUT2D eigenvalue weighted by Gasteiger charge is 2.14. The number of fused-ring (bicyclic) bond motifs is 1. The topological polar surface area (TPSA) is 30.2 Å². The normalized spacial score (nSPS) is 12.3. The van der Waals surface area contributed by atoms with Gasteiger partial charge < -0.3 is 0 Å². The van der Waals surface area contributed by atoms with Crippen molar-refractivity contribution in [3.8, 4) is 0 Å². The number of aromatic nitrogens is 3. The van der Waals surface area contributed by atoms with Crippen LogP contribution in [-0.4, -0.2) is 14.6 Å². The predicted octanol–water partition coefficient (Wildman–Crippen LogP) is 4.10. The van der Waals surface area contributed by atoms with E-state index < -0.39 is 0 Å². The Morgan fingerprint density at radius 3 is 2.06 bits per heavy atom. The van der Waals surface area contributed by atoms with Gasteiger partial charge >= 0.3 is 0 Å². The Bertz CT molecular complexity index is 550. The first-order chi connectivity index (χ1) is 8.40. The van der Waals surface area contributed by atoms with Gasteiger partial charge in [0, 0.05) is 11.6 Å². The van der Waals surface area contributed by atoms with Crippen LogP contribution in [0.15, 0.2) is 12.1 Å². The highest BCUT2D eigenvalue weighted by atomic mass is 15.3. The fourth-order valence-corrected chi connectivity index (χ4v) is 2.04. The molecule has 0 aliphatic carbocycles. The first-order valence-corrected chi connectivity index (χ1v) is 6.80. The zero-order chi connectivity index (χ0) is 13.4. The molecule has 98 valence electrons. The van der Waals surface area contributed by atoms with E-state index in [2.05, 4.69) is 63.8 Å². The molecule has 2 aromatic rings. The Morgan fingerprint density at radius 2 is 1.56 bits per heavy atom. The molecule has 3 heteroatoms. The van der Waals surface area contributed by atoms with E-state index in [1.165, 1.54) is 11.3 Å². The number of rotatable bonds is 3. The molecule has 0 unspecified atom stereocenters. The minimum atomic E-state index is 0.368. The molecule has 0 saturated heterocycles. The second-order valence-electron chi connectivity index (χ2n) is 5.92. The van der Waals surface area contributed by atoms with Gasteiger partial charge in [0.25, 0.3) is 0 Å². The second kappa shape index (κ2) is 4.71. The maximum atomic E-state index is 4.65. The monoisotopic (exact) mass is 245 g/mol. The van der Waals surface area contributed by atoms with Gasteiger partial charge in [-0.1, -0.05) is 41.5 Å². The molecule has 3 nitrogen and oxygen atoms in total. The molecule has 0 saturated carbocycles. The van der Waals surface area contributed by atoms with Crippen molar-refractivity contribution in [3.63, 3.8) is 0 Å². The SMILES string of the molecule is CC(C)c1cc(C(C)C)n2nc(C(C)C)nc2c1. The van der Waals surface area contributed by atoms with Crippen LogP contribution in [0.4, 0.5) is 0 Å². The fourth-order valence-electron chi connectivity index (χ4n) is 2.04. The van der Waals surface area contributed by atoms with Gasteiger partial charge in [-0.3, -0.25) is 0 Å². The van der Waals surface area contributed by atoms with Crippen molar-refractivity contribution in [2.24, 2.45) is 0 Å². The molecular weight excluding hydrogens is 222 g/mol. The van der Waals surface area contributed by atoms with Gasteiger partial charge in [-0.2, -0.15) is 5.10 Å². The molecule has 18 heavy (non-hydrogen) atoms.